The minimum absolute atomic E-state index is 0.0539. The molecule has 0 unspecified atom stereocenters. The molecule has 3 nitrogen and oxygen atoms in total. The number of primary amides is 1. The number of carbonyl (C=O) groups is 1. The molecular weight excluding hydrogens is 226 g/mol. The van der Waals surface area contributed by atoms with E-state index in [4.69, 9.17) is 10.5 Å². The van der Waals surface area contributed by atoms with Crippen LogP contribution in [0, 0.1) is 5.92 Å². The van der Waals surface area contributed by atoms with Gasteiger partial charge in [-0.3, -0.25) is 4.79 Å². The van der Waals surface area contributed by atoms with Gasteiger partial charge in [0.25, 0.3) is 0 Å². The van der Waals surface area contributed by atoms with Crippen molar-refractivity contribution >= 4 is 5.91 Å². The van der Waals surface area contributed by atoms with Crippen LogP contribution in [0.2, 0.25) is 0 Å². The number of carbonyl (C=O) groups excluding carboxylic acids is 1. The molecule has 0 radical (unpaired) electrons. The molecule has 2 N–H and O–H groups in total. The second-order valence-corrected chi connectivity index (χ2v) is 5.09. The van der Waals surface area contributed by atoms with E-state index < -0.39 is 0 Å². The number of amides is 1. The van der Waals surface area contributed by atoms with E-state index in [1.807, 2.05) is 6.08 Å². The van der Waals surface area contributed by atoms with Crippen LogP contribution in [0.5, 0.6) is 0 Å². The van der Waals surface area contributed by atoms with E-state index in [9.17, 15) is 4.79 Å². The molecule has 0 heterocycles. The first-order chi connectivity index (χ1) is 8.63. The lowest BCUT2D eigenvalue weighted by Crippen LogP contribution is -2.29. The molecule has 3 heteroatoms. The van der Waals surface area contributed by atoms with Crippen molar-refractivity contribution in [3.05, 3.63) is 24.5 Å². The van der Waals surface area contributed by atoms with Crippen LogP contribution in [0.4, 0.5) is 0 Å². The number of allylic oxidation sites excluding steroid dienone is 2. The topological polar surface area (TPSA) is 52.3 Å². The lowest BCUT2D eigenvalue weighted by Gasteiger charge is -2.25. The Morgan fingerprint density at radius 1 is 1.39 bits per heavy atom. The molecule has 1 aliphatic rings. The highest BCUT2D eigenvalue weighted by Crippen LogP contribution is 2.26. The SMILES string of the molecule is C=C(C/C=C/OC1CCC(C(N)=O)CC1)CCC. The zero-order valence-corrected chi connectivity index (χ0v) is 11.4. The molecule has 1 saturated carbocycles. The van der Waals surface area contributed by atoms with Crippen molar-refractivity contribution in [1.29, 1.82) is 0 Å². The fraction of sp³-hybridized carbons (Fsp3) is 0.667. The summed E-state index contributed by atoms with van der Waals surface area (Å²) < 4.78 is 5.67. The number of ether oxygens (including phenoxy) is 1. The van der Waals surface area contributed by atoms with Crippen molar-refractivity contribution in [1.82, 2.24) is 0 Å². The summed E-state index contributed by atoms with van der Waals surface area (Å²) >= 11 is 0. The smallest absolute Gasteiger partial charge is 0.220 e. The Morgan fingerprint density at radius 2 is 2.06 bits per heavy atom. The second-order valence-electron chi connectivity index (χ2n) is 5.09. The molecule has 0 saturated heterocycles. The third-order valence-electron chi connectivity index (χ3n) is 3.45. The summed E-state index contributed by atoms with van der Waals surface area (Å²) in [6.45, 7) is 6.16. The van der Waals surface area contributed by atoms with Crippen LogP contribution in [0.3, 0.4) is 0 Å². The summed E-state index contributed by atoms with van der Waals surface area (Å²) in [5.74, 6) is -0.113. The average Bonchev–Trinajstić information content (AvgIpc) is 2.35. The molecule has 1 amide bonds. The summed E-state index contributed by atoms with van der Waals surface area (Å²) in [5, 5.41) is 0. The Hall–Kier alpha value is -1.25. The molecule has 1 rings (SSSR count). The minimum atomic E-state index is -0.167. The zero-order chi connectivity index (χ0) is 13.4. The van der Waals surface area contributed by atoms with Gasteiger partial charge < -0.3 is 10.5 Å². The van der Waals surface area contributed by atoms with E-state index in [1.54, 1.807) is 6.26 Å². The highest BCUT2D eigenvalue weighted by Gasteiger charge is 2.24. The van der Waals surface area contributed by atoms with E-state index in [1.165, 1.54) is 5.57 Å². The van der Waals surface area contributed by atoms with Gasteiger partial charge in [-0.05, 0) is 44.6 Å². The largest absolute Gasteiger partial charge is 0.498 e. The molecule has 18 heavy (non-hydrogen) atoms. The first kappa shape index (κ1) is 14.8. The van der Waals surface area contributed by atoms with Gasteiger partial charge in [0.2, 0.25) is 5.91 Å². The van der Waals surface area contributed by atoms with Gasteiger partial charge in [0.05, 0.1) is 12.4 Å². The molecule has 0 aliphatic heterocycles. The van der Waals surface area contributed by atoms with E-state index >= 15 is 0 Å². The van der Waals surface area contributed by atoms with Crippen molar-refractivity contribution < 1.29 is 9.53 Å². The van der Waals surface area contributed by atoms with Crippen molar-refractivity contribution in [2.75, 3.05) is 0 Å². The van der Waals surface area contributed by atoms with Gasteiger partial charge in [-0.2, -0.15) is 0 Å². The van der Waals surface area contributed by atoms with Gasteiger partial charge in [-0.1, -0.05) is 25.5 Å². The minimum Gasteiger partial charge on any atom is -0.498 e. The standard InChI is InChI=1S/C15H25NO2/c1-3-5-12(2)6-4-11-18-14-9-7-13(8-10-14)15(16)17/h4,11,13-14H,2-3,5-10H2,1H3,(H2,16,17)/b11-4+. The van der Waals surface area contributed by atoms with Gasteiger partial charge in [0, 0.05) is 5.92 Å². The maximum atomic E-state index is 11.0. The van der Waals surface area contributed by atoms with Gasteiger partial charge in [-0.15, -0.1) is 0 Å². The van der Waals surface area contributed by atoms with E-state index in [2.05, 4.69) is 13.5 Å². The maximum absolute atomic E-state index is 11.0. The maximum Gasteiger partial charge on any atom is 0.220 e. The Morgan fingerprint density at radius 3 is 2.61 bits per heavy atom. The summed E-state index contributed by atoms with van der Waals surface area (Å²) in [6, 6.07) is 0. The summed E-state index contributed by atoms with van der Waals surface area (Å²) in [7, 11) is 0. The Labute approximate surface area is 110 Å². The third kappa shape index (κ3) is 5.39. The first-order valence-electron chi connectivity index (χ1n) is 6.90. The number of hydrogen-bond donors (Lipinski definition) is 1. The lowest BCUT2D eigenvalue weighted by molar-refractivity contribution is -0.123. The Balaban J connectivity index is 2.16. The van der Waals surface area contributed by atoms with Gasteiger partial charge in [-0.25, -0.2) is 0 Å². The van der Waals surface area contributed by atoms with Crippen LogP contribution in [-0.2, 0) is 9.53 Å². The summed E-state index contributed by atoms with van der Waals surface area (Å²) in [5.41, 5.74) is 6.54. The molecule has 1 aliphatic carbocycles. The molecule has 1 fully saturated rings. The second kappa shape index (κ2) is 7.96. The van der Waals surface area contributed by atoms with Crippen LogP contribution in [-0.4, -0.2) is 12.0 Å². The van der Waals surface area contributed by atoms with Crippen molar-refractivity contribution in [3.8, 4) is 0 Å². The van der Waals surface area contributed by atoms with Crippen molar-refractivity contribution in [2.45, 2.75) is 58.0 Å². The van der Waals surface area contributed by atoms with Crippen LogP contribution in [0.25, 0.3) is 0 Å². The van der Waals surface area contributed by atoms with Crippen LogP contribution < -0.4 is 5.73 Å². The Bertz CT molecular complexity index is 302. The third-order valence-corrected chi connectivity index (χ3v) is 3.45. The quantitative estimate of drug-likeness (QED) is 0.557. The van der Waals surface area contributed by atoms with Crippen LogP contribution in [0.15, 0.2) is 24.5 Å². The normalized spacial score (nSPS) is 24.1. The fourth-order valence-electron chi connectivity index (χ4n) is 2.32. The van der Waals surface area contributed by atoms with E-state index in [-0.39, 0.29) is 17.9 Å². The molecule has 0 aromatic heterocycles. The number of rotatable bonds is 7. The molecule has 102 valence electrons. The molecular formula is C15H25NO2. The lowest BCUT2D eigenvalue weighted by atomic mass is 9.87. The van der Waals surface area contributed by atoms with Crippen molar-refractivity contribution in [3.63, 3.8) is 0 Å². The summed E-state index contributed by atoms with van der Waals surface area (Å²) in [6.07, 6.45) is 10.7. The molecule has 0 atom stereocenters. The van der Waals surface area contributed by atoms with Crippen LogP contribution >= 0.6 is 0 Å². The molecule has 0 bridgehead atoms. The van der Waals surface area contributed by atoms with E-state index in [0.717, 1.165) is 44.9 Å². The molecule has 0 aromatic rings. The van der Waals surface area contributed by atoms with Crippen molar-refractivity contribution in [2.24, 2.45) is 11.7 Å². The number of nitrogens with two attached hydrogens (primary N) is 1. The van der Waals surface area contributed by atoms with Crippen LogP contribution in [0.1, 0.15) is 51.9 Å². The average molecular weight is 251 g/mol. The monoisotopic (exact) mass is 251 g/mol. The van der Waals surface area contributed by atoms with Gasteiger partial charge >= 0.3 is 0 Å². The molecule has 0 spiro atoms. The Kier molecular flexibility index (Phi) is 6.55. The predicted molar refractivity (Wildman–Crippen MR) is 73.8 cm³/mol. The predicted octanol–water partition coefficient (Wildman–Crippen LogP) is 3.31. The highest BCUT2D eigenvalue weighted by atomic mass is 16.5. The van der Waals surface area contributed by atoms with Gasteiger partial charge in [0.15, 0.2) is 0 Å². The highest BCUT2D eigenvalue weighted by molar-refractivity contribution is 5.76. The fourth-order valence-corrected chi connectivity index (χ4v) is 2.32. The zero-order valence-electron chi connectivity index (χ0n) is 11.4. The molecule has 0 aromatic carbocycles. The number of hydrogen-bond acceptors (Lipinski definition) is 2. The first-order valence-corrected chi connectivity index (χ1v) is 6.90. The van der Waals surface area contributed by atoms with Gasteiger partial charge in [0.1, 0.15) is 0 Å². The summed E-state index contributed by atoms with van der Waals surface area (Å²) in [4.78, 5) is 11.0. The van der Waals surface area contributed by atoms with E-state index in [0.29, 0.717) is 0 Å².